The zero-order chi connectivity index (χ0) is 15.7. The lowest BCUT2D eigenvalue weighted by molar-refractivity contribution is 0.187. The zero-order valence-corrected chi connectivity index (χ0v) is 13.9. The molecule has 4 nitrogen and oxygen atoms in total. The van der Waals surface area contributed by atoms with Crippen LogP contribution in [-0.4, -0.2) is 30.9 Å². The van der Waals surface area contributed by atoms with Crippen LogP contribution >= 0.6 is 0 Å². The molecule has 118 valence electrons. The number of nitrogens with zero attached hydrogens (tertiary/aromatic N) is 1. The molecular weight excluding hydrogens is 286 g/mol. The lowest BCUT2D eigenvalue weighted by Crippen LogP contribution is -2.43. The first-order chi connectivity index (χ1) is 9.80. The summed E-state index contributed by atoms with van der Waals surface area (Å²) in [6, 6.07) is 5.22. The minimum absolute atomic E-state index is 0.0201. The highest BCUT2D eigenvalue weighted by Crippen LogP contribution is 2.33. The fourth-order valence-corrected chi connectivity index (χ4v) is 4.95. The molecule has 1 aromatic rings. The molecule has 2 rings (SSSR count). The summed E-state index contributed by atoms with van der Waals surface area (Å²) in [7, 11) is -3.49. The van der Waals surface area contributed by atoms with E-state index >= 15 is 0 Å². The van der Waals surface area contributed by atoms with E-state index in [4.69, 9.17) is 0 Å². The van der Waals surface area contributed by atoms with Crippen molar-refractivity contribution in [2.24, 2.45) is 5.41 Å². The Morgan fingerprint density at radius 3 is 2.62 bits per heavy atom. The fraction of sp³-hybridized carbons (Fsp3) is 0.625. The first-order valence-corrected chi connectivity index (χ1v) is 8.97. The van der Waals surface area contributed by atoms with Gasteiger partial charge in [0, 0.05) is 13.1 Å². The molecule has 0 radical (unpaired) electrons. The Morgan fingerprint density at radius 1 is 1.33 bits per heavy atom. The van der Waals surface area contributed by atoms with Crippen molar-refractivity contribution in [2.75, 3.05) is 13.1 Å². The highest BCUT2D eigenvalue weighted by atomic mass is 32.2. The molecule has 1 fully saturated rings. The van der Waals surface area contributed by atoms with Crippen molar-refractivity contribution in [3.63, 3.8) is 0 Å². The molecular formula is C16H25NO3S. The second-order valence-corrected chi connectivity index (χ2v) is 8.47. The molecule has 1 heterocycles. The summed E-state index contributed by atoms with van der Waals surface area (Å²) in [6.07, 6.45) is 2.61. The van der Waals surface area contributed by atoms with Gasteiger partial charge in [-0.15, -0.1) is 0 Å². The molecule has 1 saturated heterocycles. The van der Waals surface area contributed by atoms with E-state index in [1.54, 1.807) is 16.4 Å². The molecule has 0 atom stereocenters. The number of aliphatic hydroxyl groups is 1. The highest BCUT2D eigenvalue weighted by molar-refractivity contribution is 7.89. The van der Waals surface area contributed by atoms with E-state index in [1.807, 2.05) is 13.0 Å². The first-order valence-electron chi connectivity index (χ1n) is 7.53. The molecule has 0 saturated carbocycles. The minimum atomic E-state index is -3.49. The van der Waals surface area contributed by atoms with E-state index in [9.17, 15) is 13.5 Å². The minimum Gasteiger partial charge on any atom is -0.392 e. The van der Waals surface area contributed by atoms with Gasteiger partial charge in [0.2, 0.25) is 10.0 Å². The van der Waals surface area contributed by atoms with Gasteiger partial charge in [-0.05, 0) is 41.9 Å². The molecule has 1 N–H and O–H groups in total. The number of aliphatic hydroxyl groups excluding tert-OH is 1. The van der Waals surface area contributed by atoms with Gasteiger partial charge < -0.3 is 5.11 Å². The van der Waals surface area contributed by atoms with Crippen LogP contribution in [0.25, 0.3) is 0 Å². The number of hydrogen-bond acceptors (Lipinski definition) is 3. The van der Waals surface area contributed by atoms with E-state index < -0.39 is 10.0 Å². The van der Waals surface area contributed by atoms with Crippen LogP contribution in [0.5, 0.6) is 0 Å². The number of aryl methyl sites for hydroxylation is 1. The fourth-order valence-electron chi connectivity index (χ4n) is 2.94. The molecule has 5 heteroatoms. The van der Waals surface area contributed by atoms with E-state index in [-0.39, 0.29) is 12.0 Å². The van der Waals surface area contributed by atoms with Crippen molar-refractivity contribution >= 4 is 10.0 Å². The van der Waals surface area contributed by atoms with Gasteiger partial charge in [-0.3, -0.25) is 0 Å². The van der Waals surface area contributed by atoms with Crippen LogP contribution in [0.2, 0.25) is 0 Å². The quantitative estimate of drug-likeness (QED) is 0.929. The molecule has 0 aliphatic carbocycles. The SMILES string of the molecule is CCc1ccc(CO)cc1S(=O)(=O)N1CCCC(C)(C)C1. The second-order valence-electron chi connectivity index (χ2n) is 6.56. The average molecular weight is 311 g/mol. The van der Waals surface area contributed by atoms with E-state index in [0.29, 0.717) is 30.0 Å². The van der Waals surface area contributed by atoms with Crippen LogP contribution in [0.15, 0.2) is 23.1 Å². The molecule has 1 aliphatic heterocycles. The van der Waals surface area contributed by atoms with Gasteiger partial charge in [-0.1, -0.05) is 32.9 Å². The Hall–Kier alpha value is -0.910. The Balaban J connectivity index is 2.43. The van der Waals surface area contributed by atoms with Crippen molar-refractivity contribution in [2.45, 2.75) is 51.5 Å². The first kappa shape index (κ1) is 16.5. The van der Waals surface area contributed by atoms with Crippen molar-refractivity contribution in [3.8, 4) is 0 Å². The van der Waals surface area contributed by atoms with E-state index in [1.165, 1.54) is 0 Å². The maximum atomic E-state index is 13.0. The summed E-state index contributed by atoms with van der Waals surface area (Å²) < 4.78 is 27.5. The molecule has 1 aliphatic rings. The third-order valence-corrected chi connectivity index (χ3v) is 6.11. The lowest BCUT2D eigenvalue weighted by Gasteiger charge is -2.37. The molecule has 0 aromatic heterocycles. The Labute approximate surface area is 127 Å². The zero-order valence-electron chi connectivity index (χ0n) is 13.1. The highest BCUT2D eigenvalue weighted by Gasteiger charge is 2.35. The average Bonchev–Trinajstić information content (AvgIpc) is 2.45. The number of benzene rings is 1. The number of sulfonamides is 1. The Kier molecular flexibility index (Phi) is 4.76. The summed E-state index contributed by atoms with van der Waals surface area (Å²) in [6.45, 7) is 7.17. The van der Waals surface area contributed by atoms with Crippen LogP contribution in [-0.2, 0) is 23.1 Å². The van der Waals surface area contributed by atoms with Crippen LogP contribution in [0.1, 0.15) is 44.7 Å². The molecule has 0 amide bonds. The Morgan fingerprint density at radius 2 is 2.05 bits per heavy atom. The lowest BCUT2D eigenvalue weighted by atomic mass is 9.85. The molecule has 1 aromatic carbocycles. The molecule has 0 spiro atoms. The maximum Gasteiger partial charge on any atom is 0.243 e. The smallest absolute Gasteiger partial charge is 0.243 e. The van der Waals surface area contributed by atoms with Crippen LogP contribution in [0, 0.1) is 5.41 Å². The summed E-state index contributed by atoms with van der Waals surface area (Å²) in [5.41, 5.74) is 1.48. The van der Waals surface area contributed by atoms with Crippen LogP contribution in [0.4, 0.5) is 0 Å². The summed E-state index contributed by atoms with van der Waals surface area (Å²) in [5.74, 6) is 0. The van der Waals surface area contributed by atoms with Crippen LogP contribution in [0.3, 0.4) is 0 Å². The predicted octanol–water partition coefficient (Wildman–Crippen LogP) is 2.55. The summed E-state index contributed by atoms with van der Waals surface area (Å²) in [4.78, 5) is 0.356. The van der Waals surface area contributed by atoms with Crippen molar-refractivity contribution < 1.29 is 13.5 Å². The van der Waals surface area contributed by atoms with Crippen molar-refractivity contribution in [3.05, 3.63) is 29.3 Å². The number of hydrogen-bond donors (Lipinski definition) is 1. The second kappa shape index (κ2) is 6.07. The van der Waals surface area contributed by atoms with Crippen LogP contribution < -0.4 is 0 Å². The van der Waals surface area contributed by atoms with Gasteiger partial charge >= 0.3 is 0 Å². The predicted molar refractivity (Wildman–Crippen MR) is 83.5 cm³/mol. The standard InChI is InChI=1S/C16H25NO3S/c1-4-14-7-6-13(11-18)10-15(14)21(19,20)17-9-5-8-16(2,3)12-17/h6-7,10,18H,4-5,8-9,11-12H2,1-3H3. The van der Waals surface area contributed by atoms with E-state index in [0.717, 1.165) is 18.4 Å². The van der Waals surface area contributed by atoms with Gasteiger partial charge in [0.25, 0.3) is 0 Å². The molecule has 0 unspecified atom stereocenters. The molecule has 0 bridgehead atoms. The van der Waals surface area contributed by atoms with Crippen molar-refractivity contribution in [1.29, 1.82) is 0 Å². The van der Waals surface area contributed by atoms with Gasteiger partial charge in [0.05, 0.1) is 11.5 Å². The third kappa shape index (κ3) is 3.47. The number of piperidine rings is 1. The summed E-state index contributed by atoms with van der Waals surface area (Å²) >= 11 is 0. The molecule has 21 heavy (non-hydrogen) atoms. The number of rotatable bonds is 4. The normalized spacial score (nSPS) is 19.6. The van der Waals surface area contributed by atoms with Gasteiger partial charge in [0.15, 0.2) is 0 Å². The Bertz CT molecular complexity index is 608. The van der Waals surface area contributed by atoms with Gasteiger partial charge in [-0.25, -0.2) is 8.42 Å². The van der Waals surface area contributed by atoms with Crippen molar-refractivity contribution in [1.82, 2.24) is 4.31 Å². The largest absolute Gasteiger partial charge is 0.392 e. The maximum absolute atomic E-state index is 13.0. The third-order valence-electron chi connectivity index (χ3n) is 4.18. The van der Waals surface area contributed by atoms with E-state index in [2.05, 4.69) is 13.8 Å². The topological polar surface area (TPSA) is 57.6 Å². The monoisotopic (exact) mass is 311 g/mol. The van der Waals surface area contributed by atoms with Gasteiger partial charge in [-0.2, -0.15) is 4.31 Å². The summed E-state index contributed by atoms with van der Waals surface area (Å²) in [5, 5.41) is 9.28. The van der Waals surface area contributed by atoms with Gasteiger partial charge in [0.1, 0.15) is 0 Å².